The summed E-state index contributed by atoms with van der Waals surface area (Å²) in [6.07, 6.45) is 2.00. The molecule has 0 spiro atoms. The molecule has 12 heteroatoms. The molecule has 1 aliphatic carbocycles. The molecule has 0 bridgehead atoms. The van der Waals surface area contributed by atoms with Crippen LogP contribution in [0, 0.1) is 11.7 Å². The molecule has 3 aromatic rings. The van der Waals surface area contributed by atoms with Crippen LogP contribution in [0.5, 0.6) is 0 Å². The number of aromatic nitrogens is 2. The van der Waals surface area contributed by atoms with Gasteiger partial charge in [-0.3, -0.25) is 18.3 Å². The van der Waals surface area contributed by atoms with E-state index in [1.165, 1.54) is 28.7 Å². The summed E-state index contributed by atoms with van der Waals surface area (Å²) >= 11 is 1.17. The molecule has 1 saturated heterocycles. The third kappa shape index (κ3) is 4.10. The van der Waals surface area contributed by atoms with Gasteiger partial charge in [0.1, 0.15) is 23.1 Å². The molecule has 2 aliphatic rings. The lowest BCUT2D eigenvalue weighted by atomic mass is 10.1. The zero-order valence-electron chi connectivity index (χ0n) is 19.2. The molecule has 1 aliphatic heterocycles. The summed E-state index contributed by atoms with van der Waals surface area (Å²) < 4.78 is 18.8. The number of pyridine rings is 1. The quantitative estimate of drug-likeness (QED) is 0.450. The normalized spacial score (nSPS) is 19.3. The summed E-state index contributed by atoms with van der Waals surface area (Å²) in [5, 5.41) is 13.2. The molecular formula is C23H26FN5O5S. The van der Waals surface area contributed by atoms with Gasteiger partial charge >= 0.3 is 5.97 Å². The van der Waals surface area contributed by atoms with E-state index in [1.54, 1.807) is 6.07 Å². The lowest BCUT2D eigenvalue weighted by molar-refractivity contribution is -0.137. The maximum absolute atomic E-state index is 15.4. The van der Waals surface area contributed by atoms with Crippen LogP contribution >= 0.6 is 11.5 Å². The molecule has 2 fully saturated rings. The van der Waals surface area contributed by atoms with Crippen molar-refractivity contribution in [2.45, 2.75) is 38.3 Å². The Morgan fingerprint density at radius 3 is 2.77 bits per heavy atom. The molecule has 1 atom stereocenters. The number of rotatable bonds is 8. The average molecular weight is 504 g/mol. The number of aryl methyl sites for hydroxylation is 1. The van der Waals surface area contributed by atoms with E-state index >= 15 is 4.39 Å². The summed E-state index contributed by atoms with van der Waals surface area (Å²) in [6.45, 7) is 1.40. The first-order valence-corrected chi connectivity index (χ1v) is 12.3. The van der Waals surface area contributed by atoms with Gasteiger partial charge < -0.3 is 25.1 Å². The molecule has 3 N–H and O–H groups in total. The molecule has 1 saturated carbocycles. The number of hydrogen-bond donors (Lipinski definition) is 2. The summed E-state index contributed by atoms with van der Waals surface area (Å²) in [5.74, 6) is -1.56. The summed E-state index contributed by atoms with van der Waals surface area (Å²) in [4.78, 5) is 44.6. The van der Waals surface area contributed by atoms with Gasteiger partial charge in [-0.1, -0.05) is 5.16 Å². The third-order valence-corrected chi connectivity index (χ3v) is 7.77. The Balaban J connectivity index is 1.66. The van der Waals surface area contributed by atoms with Crippen LogP contribution in [0.15, 0.2) is 26.9 Å². The number of benzene rings is 1. The van der Waals surface area contributed by atoms with Crippen LogP contribution in [-0.4, -0.2) is 52.1 Å². The van der Waals surface area contributed by atoms with E-state index in [0.717, 1.165) is 18.6 Å². The maximum atomic E-state index is 15.4. The minimum absolute atomic E-state index is 0.0377. The Bertz CT molecular complexity index is 1470. The smallest absolute Gasteiger partial charge is 0.303 e. The van der Waals surface area contributed by atoms with Gasteiger partial charge in [0, 0.05) is 43.4 Å². The van der Waals surface area contributed by atoms with E-state index in [9.17, 15) is 14.4 Å². The van der Waals surface area contributed by atoms with E-state index in [4.69, 9.17) is 15.7 Å². The van der Waals surface area contributed by atoms with E-state index in [2.05, 4.69) is 5.16 Å². The van der Waals surface area contributed by atoms with Crippen molar-refractivity contribution in [1.82, 2.24) is 8.52 Å². The Hall–Kier alpha value is -3.25. The highest BCUT2D eigenvalue weighted by Gasteiger charge is 2.33. The monoisotopic (exact) mass is 503 g/mol. The number of oxime groups is 1. The second-order valence-corrected chi connectivity index (χ2v) is 10.0. The van der Waals surface area contributed by atoms with Crippen LogP contribution in [0.1, 0.15) is 31.7 Å². The van der Waals surface area contributed by atoms with Gasteiger partial charge in [-0.2, -0.15) is 0 Å². The van der Waals surface area contributed by atoms with Crippen LogP contribution in [-0.2, 0) is 16.2 Å². The number of nitrogens with two attached hydrogens (primary N) is 1. The molecule has 0 radical (unpaired) electrons. The van der Waals surface area contributed by atoms with E-state index in [0.29, 0.717) is 35.7 Å². The first-order chi connectivity index (χ1) is 16.8. The molecular weight excluding hydrogens is 477 g/mol. The minimum Gasteiger partial charge on any atom is -0.481 e. The van der Waals surface area contributed by atoms with Gasteiger partial charge in [-0.25, -0.2) is 4.39 Å². The first kappa shape index (κ1) is 23.5. The molecule has 5 rings (SSSR count). The number of halogens is 1. The Labute approximate surface area is 203 Å². The Morgan fingerprint density at radius 1 is 1.34 bits per heavy atom. The number of hydrogen-bond acceptors (Lipinski definition) is 8. The number of carbonyl (C=O) groups is 1. The summed E-state index contributed by atoms with van der Waals surface area (Å²) in [5.41, 5.74) is 6.59. The molecule has 1 unspecified atom stereocenters. The van der Waals surface area contributed by atoms with Crippen molar-refractivity contribution in [2.75, 3.05) is 31.6 Å². The molecule has 35 heavy (non-hydrogen) atoms. The van der Waals surface area contributed by atoms with Crippen LogP contribution in [0.2, 0.25) is 0 Å². The van der Waals surface area contributed by atoms with Crippen molar-refractivity contribution in [1.29, 1.82) is 0 Å². The fourth-order valence-electron chi connectivity index (χ4n) is 4.78. The van der Waals surface area contributed by atoms with Crippen molar-refractivity contribution in [2.24, 2.45) is 16.8 Å². The average Bonchev–Trinajstić information content (AvgIpc) is 3.49. The summed E-state index contributed by atoms with van der Waals surface area (Å²) in [7, 11) is 1.46. The SMILES string of the molecule is CO/N=C1\CN(c2cc3c(cc2F)c(=O)c2c(=O)n(CCCC(=O)O)sc2n3C2CC2)CC1CN. The number of nitrogens with zero attached hydrogens (tertiary/aromatic N) is 4. The first-order valence-electron chi connectivity index (χ1n) is 11.5. The summed E-state index contributed by atoms with van der Waals surface area (Å²) in [6, 6.07) is 3.03. The van der Waals surface area contributed by atoms with E-state index in [1.807, 2.05) is 9.47 Å². The van der Waals surface area contributed by atoms with Gasteiger partial charge in [-0.15, -0.1) is 0 Å². The molecule has 3 heterocycles. The molecule has 10 nitrogen and oxygen atoms in total. The van der Waals surface area contributed by atoms with E-state index in [-0.39, 0.29) is 42.1 Å². The predicted molar refractivity (Wildman–Crippen MR) is 132 cm³/mol. The minimum atomic E-state index is -0.942. The number of aliphatic carboxylic acids is 1. The van der Waals surface area contributed by atoms with Crippen molar-refractivity contribution in [3.8, 4) is 0 Å². The van der Waals surface area contributed by atoms with Crippen LogP contribution in [0.25, 0.3) is 21.1 Å². The Kier molecular flexibility index (Phi) is 6.09. The highest BCUT2D eigenvalue weighted by Crippen LogP contribution is 2.41. The molecule has 2 aromatic heterocycles. The van der Waals surface area contributed by atoms with Crippen LogP contribution < -0.4 is 21.6 Å². The molecule has 1 aromatic carbocycles. The third-order valence-electron chi connectivity index (χ3n) is 6.63. The molecule has 186 valence electrons. The van der Waals surface area contributed by atoms with Gasteiger partial charge in [-0.05, 0) is 42.9 Å². The number of anilines is 1. The number of carboxylic acid groups (broad SMARTS) is 1. The van der Waals surface area contributed by atoms with Gasteiger partial charge in [0.05, 0.1) is 23.5 Å². The van der Waals surface area contributed by atoms with Crippen LogP contribution in [0.4, 0.5) is 10.1 Å². The van der Waals surface area contributed by atoms with Crippen molar-refractivity contribution >= 4 is 50.0 Å². The zero-order chi connectivity index (χ0) is 24.9. The zero-order valence-corrected chi connectivity index (χ0v) is 20.0. The standard InChI is InChI=1S/C23H26FN5O5S/c1-34-26-16-11-27(10-12(16)9-25)18-8-17-14(7-15(18)24)21(32)20-22(33)28(6-2-3-19(30)31)35-23(20)29(17)13-4-5-13/h7-8,12-13H,2-6,9-11,25H2,1H3,(H,30,31)/b26-16+. The largest absolute Gasteiger partial charge is 0.481 e. The maximum Gasteiger partial charge on any atom is 0.303 e. The second-order valence-electron chi connectivity index (χ2n) is 9.01. The van der Waals surface area contributed by atoms with Crippen molar-refractivity contribution in [3.05, 3.63) is 38.5 Å². The van der Waals surface area contributed by atoms with Gasteiger partial charge in [0.25, 0.3) is 5.56 Å². The van der Waals surface area contributed by atoms with Crippen LogP contribution in [0.3, 0.4) is 0 Å². The fourth-order valence-corrected chi connectivity index (χ4v) is 5.99. The molecule has 0 amide bonds. The number of fused-ring (bicyclic) bond motifs is 2. The lowest BCUT2D eigenvalue weighted by Crippen LogP contribution is -2.24. The van der Waals surface area contributed by atoms with Gasteiger partial charge in [0.15, 0.2) is 0 Å². The van der Waals surface area contributed by atoms with Crippen molar-refractivity contribution in [3.63, 3.8) is 0 Å². The Morgan fingerprint density at radius 2 is 2.11 bits per heavy atom. The highest BCUT2D eigenvalue weighted by molar-refractivity contribution is 7.13. The number of carboxylic acids is 1. The van der Waals surface area contributed by atoms with Crippen molar-refractivity contribution < 1.29 is 19.1 Å². The predicted octanol–water partition coefficient (Wildman–Crippen LogP) is 2.11. The lowest BCUT2D eigenvalue weighted by Gasteiger charge is -2.20. The van der Waals surface area contributed by atoms with E-state index < -0.39 is 22.8 Å². The van der Waals surface area contributed by atoms with Gasteiger partial charge in [0.2, 0.25) is 5.43 Å². The fraction of sp³-hybridized carbons (Fsp3) is 0.478. The second kappa shape index (κ2) is 9.08. The topological polar surface area (TPSA) is 132 Å². The highest BCUT2D eigenvalue weighted by atomic mass is 32.1.